The van der Waals surface area contributed by atoms with Gasteiger partial charge in [-0.15, -0.1) is 29.1 Å². The summed E-state index contributed by atoms with van der Waals surface area (Å²) in [6, 6.07) is 21.9. The zero-order valence-electron chi connectivity index (χ0n) is 26.8. The molecule has 5 aromatic rings. The number of aliphatic hydroxyl groups is 1. The maximum atomic E-state index is 11.7. The first kappa shape index (κ1) is 34.9. The summed E-state index contributed by atoms with van der Waals surface area (Å²) >= 11 is 0. The average Bonchev–Trinajstić information content (AvgIpc) is 3.00. The van der Waals surface area contributed by atoms with E-state index in [9.17, 15) is 9.90 Å². The van der Waals surface area contributed by atoms with Crippen molar-refractivity contribution in [3.05, 3.63) is 84.4 Å². The van der Waals surface area contributed by atoms with Gasteiger partial charge in [-0.3, -0.25) is 9.78 Å². The first-order valence-corrected chi connectivity index (χ1v) is 15.4. The van der Waals surface area contributed by atoms with Gasteiger partial charge in [0, 0.05) is 43.7 Å². The third-order valence-electron chi connectivity index (χ3n) is 8.06. The van der Waals surface area contributed by atoms with Crippen molar-refractivity contribution in [1.82, 2.24) is 19.9 Å². The average molecular weight is 768 g/mol. The molecule has 6 nitrogen and oxygen atoms in total. The Hall–Kier alpha value is -3.54. The number of hydrogen-bond donors (Lipinski definition) is 1. The summed E-state index contributed by atoms with van der Waals surface area (Å²) in [5, 5.41) is 12.1. The van der Waals surface area contributed by atoms with Crippen molar-refractivity contribution < 1.29 is 30.0 Å². The molecule has 233 valence electrons. The molecule has 0 saturated heterocycles. The maximum absolute atomic E-state index is 11.7. The number of nitrogens with zero attached hydrogens (tertiary/aromatic N) is 4. The van der Waals surface area contributed by atoms with Crippen LogP contribution in [0.25, 0.3) is 44.2 Å². The van der Waals surface area contributed by atoms with E-state index in [2.05, 4.69) is 66.1 Å². The van der Waals surface area contributed by atoms with Crippen LogP contribution < -0.4 is 0 Å². The van der Waals surface area contributed by atoms with Gasteiger partial charge in [-0.2, -0.15) is 0 Å². The van der Waals surface area contributed by atoms with Gasteiger partial charge in [0.15, 0.2) is 11.4 Å². The van der Waals surface area contributed by atoms with E-state index >= 15 is 0 Å². The monoisotopic (exact) mass is 768 g/mol. The van der Waals surface area contributed by atoms with Crippen LogP contribution >= 0.6 is 0 Å². The normalized spacial score (nSPS) is 12.0. The predicted octanol–water partition coefficient (Wildman–Crippen LogP) is 9.36. The SMILES string of the molecule is CC(C)(C)c1cc(-c2ncnc3nc4ccccc4nc23)[c-]c2ccccc12.CCC(CC)C(=O)C=C(O)C(CC)CC.[Ir]. The zero-order valence-corrected chi connectivity index (χ0v) is 29.2. The van der Waals surface area contributed by atoms with E-state index in [1.165, 1.54) is 17.0 Å². The van der Waals surface area contributed by atoms with Crippen molar-refractivity contribution in [2.24, 2.45) is 11.8 Å². The third-order valence-corrected chi connectivity index (χ3v) is 8.06. The first-order chi connectivity index (χ1) is 20.6. The van der Waals surface area contributed by atoms with Crippen LogP contribution in [0.15, 0.2) is 72.8 Å². The van der Waals surface area contributed by atoms with Crippen molar-refractivity contribution in [2.75, 3.05) is 0 Å². The topological polar surface area (TPSA) is 88.9 Å². The second-order valence-corrected chi connectivity index (χ2v) is 12.0. The number of benzene rings is 3. The second kappa shape index (κ2) is 15.5. The molecule has 0 atom stereocenters. The molecule has 0 aliphatic rings. The minimum atomic E-state index is -0.00926. The molecule has 0 amide bonds. The van der Waals surface area contributed by atoms with Crippen LogP contribution in [0, 0.1) is 17.9 Å². The first-order valence-electron chi connectivity index (χ1n) is 15.4. The van der Waals surface area contributed by atoms with Crippen LogP contribution in [-0.4, -0.2) is 30.8 Å². The quantitative estimate of drug-likeness (QED) is 0.0733. The van der Waals surface area contributed by atoms with Crippen molar-refractivity contribution in [3.8, 4) is 11.3 Å². The molecule has 7 heteroatoms. The Labute approximate surface area is 274 Å². The summed E-state index contributed by atoms with van der Waals surface area (Å²) in [4.78, 5) is 30.1. The summed E-state index contributed by atoms with van der Waals surface area (Å²) in [7, 11) is 0. The number of ketones is 1. The van der Waals surface area contributed by atoms with Crippen molar-refractivity contribution >= 4 is 38.8 Å². The third kappa shape index (κ3) is 7.94. The fourth-order valence-corrected chi connectivity index (χ4v) is 5.40. The van der Waals surface area contributed by atoms with Gasteiger partial charge in [0.1, 0.15) is 11.8 Å². The minimum Gasteiger partial charge on any atom is -0.512 e. The summed E-state index contributed by atoms with van der Waals surface area (Å²) in [5.74, 6) is 0.547. The molecule has 0 aliphatic heterocycles. The molecule has 1 N–H and O–H groups in total. The number of carbonyl (C=O) groups excluding carboxylic acids is 1. The number of fused-ring (bicyclic) bond motifs is 3. The Morgan fingerprint density at radius 3 is 2.07 bits per heavy atom. The van der Waals surface area contributed by atoms with Gasteiger partial charge in [-0.05, 0) is 43.2 Å². The molecule has 0 fully saturated rings. The number of rotatable bonds is 8. The Morgan fingerprint density at radius 1 is 0.864 bits per heavy atom. The molecule has 2 aromatic heterocycles. The molecule has 44 heavy (non-hydrogen) atoms. The van der Waals surface area contributed by atoms with Gasteiger partial charge in [0.25, 0.3) is 0 Å². The van der Waals surface area contributed by atoms with E-state index in [-0.39, 0.29) is 48.9 Å². The number of aromatic nitrogens is 4. The zero-order chi connectivity index (χ0) is 31.1. The van der Waals surface area contributed by atoms with Crippen LogP contribution in [0.3, 0.4) is 0 Å². The predicted molar refractivity (Wildman–Crippen MR) is 177 cm³/mol. The van der Waals surface area contributed by atoms with E-state index < -0.39 is 0 Å². The van der Waals surface area contributed by atoms with Crippen LogP contribution in [0.2, 0.25) is 0 Å². The molecule has 0 aliphatic carbocycles. The summed E-state index contributed by atoms with van der Waals surface area (Å²) in [5.41, 5.74) is 5.90. The minimum absolute atomic E-state index is 0. The Bertz CT molecular complexity index is 1750. The summed E-state index contributed by atoms with van der Waals surface area (Å²) in [6.07, 6.45) is 6.46. The molecular weight excluding hydrogens is 725 g/mol. The van der Waals surface area contributed by atoms with Crippen molar-refractivity contribution in [1.29, 1.82) is 0 Å². The second-order valence-electron chi connectivity index (χ2n) is 12.0. The van der Waals surface area contributed by atoms with Gasteiger partial charge in [-0.1, -0.05) is 89.7 Å². The Kier molecular flexibility index (Phi) is 12.3. The molecule has 0 spiro atoms. The van der Waals surface area contributed by atoms with Crippen LogP contribution in [0.1, 0.15) is 79.7 Å². The number of allylic oxidation sites excluding steroid dienone is 2. The molecule has 0 unspecified atom stereocenters. The number of hydrogen-bond acceptors (Lipinski definition) is 6. The van der Waals surface area contributed by atoms with Crippen molar-refractivity contribution in [2.45, 2.75) is 79.6 Å². The number of para-hydroxylation sites is 2. The smallest absolute Gasteiger partial charge is 0.174 e. The summed E-state index contributed by atoms with van der Waals surface area (Å²) in [6.45, 7) is 14.7. The van der Waals surface area contributed by atoms with Gasteiger partial charge in [0.05, 0.1) is 16.8 Å². The van der Waals surface area contributed by atoms with E-state index in [4.69, 9.17) is 4.98 Å². The fourth-order valence-electron chi connectivity index (χ4n) is 5.40. The van der Waals surface area contributed by atoms with Gasteiger partial charge >= 0.3 is 0 Å². The van der Waals surface area contributed by atoms with E-state index in [1.807, 2.05) is 58.0 Å². The molecular formula is C37H43IrN4O2-. The van der Waals surface area contributed by atoms with Gasteiger partial charge in [-0.25, -0.2) is 15.0 Å². The Morgan fingerprint density at radius 2 is 1.45 bits per heavy atom. The van der Waals surface area contributed by atoms with E-state index in [1.54, 1.807) is 6.33 Å². The van der Waals surface area contributed by atoms with Gasteiger partial charge in [0.2, 0.25) is 0 Å². The van der Waals surface area contributed by atoms with E-state index in [0.29, 0.717) is 11.2 Å². The Balaban J connectivity index is 0.000000286. The van der Waals surface area contributed by atoms with Crippen LogP contribution in [-0.2, 0) is 30.3 Å². The largest absolute Gasteiger partial charge is 0.512 e. The molecule has 0 bridgehead atoms. The van der Waals surface area contributed by atoms with Crippen molar-refractivity contribution in [3.63, 3.8) is 0 Å². The maximum Gasteiger partial charge on any atom is 0.174 e. The van der Waals surface area contributed by atoms with E-state index in [0.717, 1.165) is 53.4 Å². The van der Waals surface area contributed by atoms with Crippen LogP contribution in [0.5, 0.6) is 0 Å². The van der Waals surface area contributed by atoms with Gasteiger partial charge < -0.3 is 5.11 Å². The molecule has 0 saturated carbocycles. The molecule has 5 rings (SSSR count). The fraction of sp³-hybridized carbons (Fsp3) is 0.378. The van der Waals surface area contributed by atoms with Crippen LogP contribution in [0.4, 0.5) is 0 Å². The number of carbonyl (C=O) groups is 1. The molecule has 2 heterocycles. The molecule has 3 aromatic carbocycles. The standard InChI is InChI=1S/C24H19N4.C13H24O2.Ir/c1-24(2,3)18-13-16(12-15-8-4-5-9-17(15)18)21-22-23(26-14-25-21)28-20-11-7-6-10-19(20)27-22;1-5-10(6-2)12(14)9-13(15)11(7-3)8-4;/h4-11,13-14H,1-3H3;9-11,14H,5-8H2,1-4H3;/q-1;;. The number of aliphatic hydroxyl groups excluding tert-OH is 1. The summed E-state index contributed by atoms with van der Waals surface area (Å²) < 4.78 is 0. The molecule has 1 radical (unpaired) electrons.